The predicted octanol–water partition coefficient (Wildman–Crippen LogP) is 2.30. The molecule has 1 rings (SSSR count). The fourth-order valence-electron chi connectivity index (χ4n) is 1.17. The lowest BCUT2D eigenvalue weighted by Gasteiger charge is -2.04. The van der Waals surface area contributed by atoms with E-state index in [4.69, 9.17) is 12.2 Å². The van der Waals surface area contributed by atoms with Crippen LogP contribution in [0.5, 0.6) is 0 Å². The van der Waals surface area contributed by atoms with Gasteiger partial charge in [-0.25, -0.2) is 0 Å². The van der Waals surface area contributed by atoms with Gasteiger partial charge in [0, 0.05) is 11.4 Å². The molecule has 0 aliphatic rings. The van der Waals surface area contributed by atoms with Gasteiger partial charge in [-0.1, -0.05) is 12.2 Å². The van der Waals surface area contributed by atoms with Gasteiger partial charge >= 0.3 is 0 Å². The van der Waals surface area contributed by atoms with Crippen LogP contribution >= 0.6 is 12.2 Å². The first kappa shape index (κ1) is 7.48. The van der Waals surface area contributed by atoms with Crippen molar-refractivity contribution in [1.29, 1.82) is 0 Å². The summed E-state index contributed by atoms with van der Waals surface area (Å²) in [6.07, 6.45) is 0. The number of hydrogen-bond donors (Lipinski definition) is 0. The number of aryl methyl sites for hydroxylation is 2. The van der Waals surface area contributed by atoms with E-state index in [0.29, 0.717) is 0 Å². The fraction of sp³-hybridized carbons (Fsp3) is 0.375. The van der Waals surface area contributed by atoms with Gasteiger partial charge in [-0.15, -0.1) is 0 Å². The molecule has 1 aromatic heterocycles. The Balaban J connectivity index is 3.23. The van der Waals surface area contributed by atoms with Crippen molar-refractivity contribution >= 4 is 17.2 Å². The second kappa shape index (κ2) is 2.54. The maximum atomic E-state index is 5.05. The molecule has 0 aliphatic carbocycles. The second-order valence-electron chi connectivity index (χ2n) is 2.47. The Bertz CT molecular complexity index is 241. The summed E-state index contributed by atoms with van der Waals surface area (Å²) in [7, 11) is 0. The SMILES string of the molecule is CC(=S)n1c(C)ccc1C. The molecule has 0 amide bonds. The third-order valence-corrected chi connectivity index (χ3v) is 1.77. The van der Waals surface area contributed by atoms with Crippen molar-refractivity contribution in [3.05, 3.63) is 23.5 Å². The van der Waals surface area contributed by atoms with Gasteiger partial charge in [0.2, 0.25) is 0 Å². The van der Waals surface area contributed by atoms with Gasteiger partial charge in [0.05, 0.1) is 4.99 Å². The van der Waals surface area contributed by atoms with Gasteiger partial charge in [0.15, 0.2) is 0 Å². The molecule has 0 saturated carbocycles. The highest BCUT2D eigenvalue weighted by Crippen LogP contribution is 2.06. The summed E-state index contributed by atoms with van der Waals surface area (Å²) in [5, 5.41) is 0. The molecule has 0 fully saturated rings. The summed E-state index contributed by atoms with van der Waals surface area (Å²) in [5.74, 6) is 0. The van der Waals surface area contributed by atoms with E-state index in [1.54, 1.807) is 0 Å². The van der Waals surface area contributed by atoms with Gasteiger partial charge in [0.25, 0.3) is 0 Å². The Hall–Kier alpha value is -0.630. The molecule has 0 saturated heterocycles. The first-order valence-electron chi connectivity index (χ1n) is 3.29. The largest absolute Gasteiger partial charge is 0.313 e. The quantitative estimate of drug-likeness (QED) is 0.518. The molecule has 0 spiro atoms. The summed E-state index contributed by atoms with van der Waals surface area (Å²) in [6, 6.07) is 4.15. The summed E-state index contributed by atoms with van der Waals surface area (Å²) in [6.45, 7) is 6.06. The van der Waals surface area contributed by atoms with Gasteiger partial charge in [-0.2, -0.15) is 0 Å². The third kappa shape index (κ3) is 1.12. The lowest BCUT2D eigenvalue weighted by atomic mass is 10.5. The Morgan fingerprint density at radius 2 is 1.70 bits per heavy atom. The average molecular weight is 153 g/mol. The molecule has 0 bridgehead atoms. The van der Waals surface area contributed by atoms with Crippen molar-refractivity contribution in [2.75, 3.05) is 0 Å². The first-order valence-corrected chi connectivity index (χ1v) is 3.69. The van der Waals surface area contributed by atoms with Crippen LogP contribution in [0.2, 0.25) is 0 Å². The standard InChI is InChI=1S/C8H11NS/c1-6-4-5-7(2)9(6)8(3)10/h4-5H,1-3H3. The van der Waals surface area contributed by atoms with Crippen molar-refractivity contribution in [2.24, 2.45) is 0 Å². The zero-order valence-corrected chi connectivity index (χ0v) is 7.33. The molecule has 54 valence electrons. The molecule has 1 nitrogen and oxygen atoms in total. The summed E-state index contributed by atoms with van der Waals surface area (Å²) in [5.41, 5.74) is 2.43. The molecule has 0 atom stereocenters. The monoisotopic (exact) mass is 153 g/mol. The Labute approximate surface area is 66.7 Å². The molecule has 0 unspecified atom stereocenters. The molecule has 0 aromatic carbocycles. The molecule has 0 aliphatic heterocycles. The van der Waals surface area contributed by atoms with E-state index in [1.165, 1.54) is 11.4 Å². The molecule has 1 aromatic rings. The van der Waals surface area contributed by atoms with Gasteiger partial charge < -0.3 is 4.57 Å². The zero-order valence-electron chi connectivity index (χ0n) is 6.51. The number of nitrogens with zero attached hydrogens (tertiary/aromatic N) is 1. The fourth-order valence-corrected chi connectivity index (χ4v) is 1.45. The van der Waals surface area contributed by atoms with Gasteiger partial charge in [0.1, 0.15) is 0 Å². The van der Waals surface area contributed by atoms with Crippen molar-refractivity contribution in [3.8, 4) is 0 Å². The van der Waals surface area contributed by atoms with Crippen LogP contribution in [-0.2, 0) is 0 Å². The van der Waals surface area contributed by atoms with E-state index in [2.05, 4.69) is 30.5 Å². The molecule has 2 heteroatoms. The van der Waals surface area contributed by atoms with Crippen LogP contribution in [0.1, 0.15) is 18.3 Å². The molecule has 1 heterocycles. The number of thiocarbonyl (C=S) groups is 1. The Morgan fingerprint density at radius 1 is 1.30 bits per heavy atom. The van der Waals surface area contributed by atoms with Crippen molar-refractivity contribution in [1.82, 2.24) is 4.57 Å². The maximum Gasteiger partial charge on any atom is 0.0832 e. The maximum absolute atomic E-state index is 5.05. The molecular formula is C8H11NS. The molecule has 10 heavy (non-hydrogen) atoms. The Kier molecular flexibility index (Phi) is 1.90. The minimum absolute atomic E-state index is 0.917. The lowest BCUT2D eigenvalue weighted by Crippen LogP contribution is -2.07. The van der Waals surface area contributed by atoms with Crippen LogP contribution in [0, 0.1) is 13.8 Å². The topological polar surface area (TPSA) is 4.93 Å². The average Bonchev–Trinajstić information content (AvgIpc) is 2.11. The van der Waals surface area contributed by atoms with Crippen LogP contribution in [0.25, 0.3) is 0 Å². The molecular weight excluding hydrogens is 142 g/mol. The molecule has 0 N–H and O–H groups in total. The van der Waals surface area contributed by atoms with Crippen molar-refractivity contribution < 1.29 is 0 Å². The van der Waals surface area contributed by atoms with E-state index >= 15 is 0 Å². The van der Waals surface area contributed by atoms with Crippen LogP contribution in [0.3, 0.4) is 0 Å². The summed E-state index contributed by atoms with van der Waals surface area (Å²) < 4.78 is 2.06. The minimum atomic E-state index is 0.917. The van der Waals surface area contributed by atoms with E-state index < -0.39 is 0 Å². The van der Waals surface area contributed by atoms with Crippen LogP contribution in [0.15, 0.2) is 12.1 Å². The van der Waals surface area contributed by atoms with Crippen LogP contribution < -0.4 is 0 Å². The normalized spacial score (nSPS) is 9.90. The molecule has 0 radical (unpaired) electrons. The van der Waals surface area contributed by atoms with Crippen LogP contribution in [-0.4, -0.2) is 9.56 Å². The van der Waals surface area contributed by atoms with E-state index in [1.807, 2.05) is 6.92 Å². The number of aromatic nitrogens is 1. The van der Waals surface area contributed by atoms with Crippen LogP contribution in [0.4, 0.5) is 0 Å². The Morgan fingerprint density at radius 3 is 1.90 bits per heavy atom. The van der Waals surface area contributed by atoms with E-state index in [-0.39, 0.29) is 0 Å². The first-order chi connectivity index (χ1) is 4.63. The predicted molar refractivity (Wildman–Crippen MR) is 47.6 cm³/mol. The third-order valence-electron chi connectivity index (χ3n) is 1.59. The van der Waals surface area contributed by atoms with Crippen molar-refractivity contribution in [2.45, 2.75) is 20.8 Å². The smallest absolute Gasteiger partial charge is 0.0832 e. The van der Waals surface area contributed by atoms with Crippen molar-refractivity contribution in [3.63, 3.8) is 0 Å². The minimum Gasteiger partial charge on any atom is -0.313 e. The van der Waals surface area contributed by atoms with Gasteiger partial charge in [-0.3, -0.25) is 0 Å². The highest BCUT2D eigenvalue weighted by Gasteiger charge is 2.00. The summed E-state index contributed by atoms with van der Waals surface area (Å²) >= 11 is 5.05. The van der Waals surface area contributed by atoms with E-state index in [9.17, 15) is 0 Å². The summed E-state index contributed by atoms with van der Waals surface area (Å²) in [4.78, 5) is 0.917. The highest BCUT2D eigenvalue weighted by molar-refractivity contribution is 7.80. The number of hydrogen-bond acceptors (Lipinski definition) is 1. The second-order valence-corrected chi connectivity index (χ2v) is 3.06. The zero-order chi connectivity index (χ0) is 7.72. The number of rotatable bonds is 0. The lowest BCUT2D eigenvalue weighted by molar-refractivity contribution is 1.04. The van der Waals surface area contributed by atoms with Gasteiger partial charge in [-0.05, 0) is 32.9 Å². The van der Waals surface area contributed by atoms with E-state index in [0.717, 1.165) is 4.99 Å². The highest BCUT2D eigenvalue weighted by atomic mass is 32.1.